The fourth-order valence-electron chi connectivity index (χ4n) is 2.83. The molecule has 0 saturated heterocycles. The molecule has 186 valence electrons. The van der Waals surface area contributed by atoms with Crippen LogP contribution in [0.1, 0.15) is 47.0 Å². The van der Waals surface area contributed by atoms with Gasteiger partial charge in [-0.15, -0.1) is 0 Å². The van der Waals surface area contributed by atoms with Crippen LogP contribution in [0.3, 0.4) is 0 Å². The Morgan fingerprint density at radius 1 is 1.09 bits per heavy atom. The molecular formula is C19H31F5N4O4. The number of Topliss-reactive ketones (excluding diaryl/α,β-unsaturated/α-hetero) is 2. The van der Waals surface area contributed by atoms with Gasteiger partial charge in [-0.3, -0.25) is 14.6 Å². The number of carbonyl (C=O) groups is 3. The minimum atomic E-state index is -5.41. The summed E-state index contributed by atoms with van der Waals surface area (Å²) >= 11 is 0. The number of amides is 1. The van der Waals surface area contributed by atoms with Crippen molar-refractivity contribution in [1.82, 2.24) is 5.32 Å². The molecule has 0 spiro atoms. The molecule has 1 unspecified atom stereocenters. The Morgan fingerprint density at radius 2 is 1.66 bits per heavy atom. The van der Waals surface area contributed by atoms with Crippen molar-refractivity contribution in [3.8, 4) is 0 Å². The normalized spacial score (nSPS) is 15.1. The Bertz CT molecular complexity index is 660. The van der Waals surface area contributed by atoms with E-state index in [1.165, 1.54) is 6.92 Å². The van der Waals surface area contributed by atoms with Crippen LogP contribution in [0, 0.1) is 11.8 Å². The van der Waals surface area contributed by atoms with Crippen LogP contribution in [0.2, 0.25) is 0 Å². The van der Waals surface area contributed by atoms with Gasteiger partial charge in [-0.2, -0.15) is 13.2 Å². The van der Waals surface area contributed by atoms with Crippen LogP contribution in [0.4, 0.5) is 22.0 Å². The maximum Gasteiger partial charge on any atom is 0.420 e. The SMILES string of the molecule is CC(=O)C[C@H](C(=O)N[C@@H](CCCN=C(N)N)C(=O)COC(C(C)(F)F)C(F)(F)F)C(C)C. The predicted octanol–water partition coefficient (Wildman–Crippen LogP) is 1.95. The molecule has 0 heterocycles. The van der Waals surface area contributed by atoms with Crippen LogP contribution in [0.5, 0.6) is 0 Å². The molecule has 13 heteroatoms. The van der Waals surface area contributed by atoms with Gasteiger partial charge < -0.3 is 26.3 Å². The summed E-state index contributed by atoms with van der Waals surface area (Å²) in [5.41, 5.74) is 10.4. The van der Waals surface area contributed by atoms with Crippen molar-refractivity contribution >= 4 is 23.4 Å². The van der Waals surface area contributed by atoms with Crippen molar-refractivity contribution in [2.45, 2.75) is 71.2 Å². The molecule has 0 aromatic carbocycles. The highest BCUT2D eigenvalue weighted by Gasteiger charge is 2.54. The summed E-state index contributed by atoms with van der Waals surface area (Å²) in [6.45, 7) is 3.43. The molecule has 5 N–H and O–H groups in total. The van der Waals surface area contributed by atoms with Gasteiger partial charge in [0.25, 0.3) is 5.92 Å². The first kappa shape index (κ1) is 29.7. The Balaban J connectivity index is 5.45. The number of hydrogen-bond donors (Lipinski definition) is 3. The van der Waals surface area contributed by atoms with Crippen molar-refractivity contribution in [2.75, 3.05) is 13.2 Å². The largest absolute Gasteiger partial charge is 0.420 e. The number of ketones is 2. The quantitative estimate of drug-likeness (QED) is 0.152. The highest BCUT2D eigenvalue weighted by molar-refractivity contribution is 5.92. The fraction of sp³-hybridized carbons (Fsp3) is 0.789. The van der Waals surface area contributed by atoms with Crippen molar-refractivity contribution < 1.29 is 41.1 Å². The molecule has 0 aromatic heterocycles. The Morgan fingerprint density at radius 3 is 2.06 bits per heavy atom. The van der Waals surface area contributed by atoms with Gasteiger partial charge in [0, 0.05) is 25.8 Å². The number of ether oxygens (including phenoxy) is 1. The number of nitrogens with one attached hydrogen (secondary N) is 1. The minimum absolute atomic E-state index is 0.0269. The number of hydrogen-bond acceptors (Lipinski definition) is 5. The van der Waals surface area contributed by atoms with E-state index in [2.05, 4.69) is 15.0 Å². The van der Waals surface area contributed by atoms with Crippen LogP contribution in [0.15, 0.2) is 4.99 Å². The molecule has 0 bridgehead atoms. The number of nitrogens with two attached hydrogens (primary N) is 2. The third kappa shape index (κ3) is 11.3. The van der Waals surface area contributed by atoms with E-state index in [-0.39, 0.29) is 50.4 Å². The predicted molar refractivity (Wildman–Crippen MR) is 107 cm³/mol. The van der Waals surface area contributed by atoms with E-state index in [1.807, 2.05) is 0 Å². The van der Waals surface area contributed by atoms with E-state index < -0.39 is 48.5 Å². The highest BCUT2D eigenvalue weighted by atomic mass is 19.4. The van der Waals surface area contributed by atoms with Crippen LogP contribution in [0.25, 0.3) is 0 Å². The lowest BCUT2D eigenvalue weighted by atomic mass is 9.89. The standard InChI is InChI=1S/C19H31F5N4O4/c1-10(2)12(8-11(3)29)15(31)28-13(6-5-7-27-17(25)26)14(30)9-32-16(18(4,20)21)19(22,23)24/h10,12-13,16H,5-9H2,1-4H3,(H,28,31)(H4,25,26,27)/t12-,13-,16?/m0/s1. The number of guanidine groups is 1. The van der Waals surface area contributed by atoms with Gasteiger partial charge in [-0.25, -0.2) is 8.78 Å². The van der Waals surface area contributed by atoms with E-state index in [9.17, 15) is 36.3 Å². The molecule has 1 amide bonds. The first-order valence-electron chi connectivity index (χ1n) is 9.90. The summed E-state index contributed by atoms with van der Waals surface area (Å²) in [5.74, 6) is -7.54. The molecule has 0 aliphatic rings. The molecule has 0 rings (SSSR count). The molecule has 32 heavy (non-hydrogen) atoms. The first-order valence-corrected chi connectivity index (χ1v) is 9.90. The lowest BCUT2D eigenvalue weighted by Gasteiger charge is -2.27. The summed E-state index contributed by atoms with van der Waals surface area (Å²) in [6.07, 6.45) is -8.94. The average Bonchev–Trinajstić information content (AvgIpc) is 2.59. The first-order chi connectivity index (χ1) is 14.5. The molecule has 0 radical (unpaired) electrons. The monoisotopic (exact) mass is 474 g/mol. The average molecular weight is 474 g/mol. The minimum Gasteiger partial charge on any atom is -0.370 e. The lowest BCUT2D eigenvalue weighted by Crippen LogP contribution is -2.49. The summed E-state index contributed by atoms with van der Waals surface area (Å²) in [7, 11) is 0. The van der Waals surface area contributed by atoms with Gasteiger partial charge >= 0.3 is 6.18 Å². The Labute approximate surface area is 183 Å². The van der Waals surface area contributed by atoms with Crippen LogP contribution in [-0.4, -0.2) is 60.8 Å². The van der Waals surface area contributed by atoms with E-state index >= 15 is 0 Å². The maximum absolute atomic E-state index is 13.3. The van der Waals surface area contributed by atoms with Gasteiger partial charge in [0.1, 0.15) is 12.4 Å². The summed E-state index contributed by atoms with van der Waals surface area (Å²) in [5, 5.41) is 2.39. The summed E-state index contributed by atoms with van der Waals surface area (Å²) < 4.78 is 69.4. The molecule has 0 saturated carbocycles. The smallest absolute Gasteiger partial charge is 0.370 e. The fourth-order valence-corrected chi connectivity index (χ4v) is 2.83. The van der Waals surface area contributed by atoms with Gasteiger partial charge in [-0.05, 0) is 25.7 Å². The molecule has 8 nitrogen and oxygen atoms in total. The molecule has 0 aliphatic carbocycles. The molecular weight excluding hydrogens is 443 g/mol. The number of nitrogens with zero attached hydrogens (tertiary/aromatic N) is 1. The Hall–Kier alpha value is -2.31. The van der Waals surface area contributed by atoms with Crippen LogP contribution >= 0.6 is 0 Å². The number of rotatable bonds is 14. The summed E-state index contributed by atoms with van der Waals surface area (Å²) in [4.78, 5) is 40.2. The summed E-state index contributed by atoms with van der Waals surface area (Å²) in [6, 6.07) is -1.34. The van der Waals surface area contributed by atoms with Crippen LogP contribution in [-0.2, 0) is 19.1 Å². The van der Waals surface area contributed by atoms with Gasteiger partial charge in [0.15, 0.2) is 11.7 Å². The van der Waals surface area contributed by atoms with Gasteiger partial charge in [0.05, 0.1) is 6.04 Å². The molecule has 0 aliphatic heterocycles. The van der Waals surface area contributed by atoms with Crippen molar-refractivity contribution in [3.63, 3.8) is 0 Å². The number of carbonyl (C=O) groups excluding carboxylic acids is 3. The van der Waals surface area contributed by atoms with E-state index in [1.54, 1.807) is 13.8 Å². The van der Waals surface area contributed by atoms with Gasteiger partial charge in [0.2, 0.25) is 12.0 Å². The zero-order chi connectivity index (χ0) is 25.3. The zero-order valence-electron chi connectivity index (χ0n) is 18.5. The second-order valence-electron chi connectivity index (χ2n) is 7.92. The maximum atomic E-state index is 13.3. The second-order valence-corrected chi connectivity index (χ2v) is 7.92. The number of aliphatic imine (C=N–C) groups is 1. The van der Waals surface area contributed by atoms with Crippen molar-refractivity contribution in [3.05, 3.63) is 0 Å². The van der Waals surface area contributed by atoms with Crippen molar-refractivity contribution in [2.24, 2.45) is 28.3 Å². The van der Waals surface area contributed by atoms with E-state index in [0.29, 0.717) is 0 Å². The third-order valence-electron chi connectivity index (χ3n) is 4.45. The molecule has 0 fully saturated rings. The zero-order valence-corrected chi connectivity index (χ0v) is 18.5. The highest BCUT2D eigenvalue weighted by Crippen LogP contribution is 2.34. The molecule has 0 aromatic rings. The van der Waals surface area contributed by atoms with Crippen molar-refractivity contribution in [1.29, 1.82) is 0 Å². The lowest BCUT2D eigenvalue weighted by molar-refractivity contribution is -0.278. The van der Waals surface area contributed by atoms with E-state index in [4.69, 9.17) is 11.5 Å². The molecule has 3 atom stereocenters. The third-order valence-corrected chi connectivity index (χ3v) is 4.45. The topological polar surface area (TPSA) is 137 Å². The number of alkyl halides is 5. The van der Waals surface area contributed by atoms with Crippen LogP contribution < -0.4 is 16.8 Å². The Kier molecular flexibility index (Phi) is 11.7. The van der Waals surface area contributed by atoms with Gasteiger partial charge in [-0.1, -0.05) is 13.8 Å². The van der Waals surface area contributed by atoms with E-state index in [0.717, 1.165) is 0 Å². The second kappa shape index (κ2) is 12.7. The number of halogens is 5.